The maximum absolute atomic E-state index is 12.8. The van der Waals surface area contributed by atoms with E-state index in [1.165, 1.54) is 0 Å². The van der Waals surface area contributed by atoms with E-state index < -0.39 is 35.8 Å². The molecule has 0 spiro atoms. The van der Waals surface area contributed by atoms with Gasteiger partial charge in [-0.2, -0.15) is 0 Å². The van der Waals surface area contributed by atoms with E-state index in [-0.39, 0.29) is 37.6 Å². The monoisotopic (exact) mass is 448 g/mol. The van der Waals surface area contributed by atoms with E-state index in [0.717, 1.165) is 5.56 Å². The smallest absolute Gasteiger partial charge is 0.338 e. The Morgan fingerprint density at radius 2 is 1.88 bits per heavy atom. The lowest BCUT2D eigenvalue weighted by Gasteiger charge is -2.32. The number of cyclic esters (lactones) is 1. The highest BCUT2D eigenvalue weighted by Gasteiger charge is 2.35. The second-order valence-corrected chi connectivity index (χ2v) is 9.29. The van der Waals surface area contributed by atoms with Gasteiger partial charge in [-0.3, -0.25) is 4.79 Å². The van der Waals surface area contributed by atoms with Gasteiger partial charge in [-0.05, 0) is 30.0 Å². The number of ketones is 1. The highest BCUT2D eigenvalue weighted by molar-refractivity contribution is 5.81. The molecule has 1 aromatic carbocycles. The maximum atomic E-state index is 12.8. The summed E-state index contributed by atoms with van der Waals surface area (Å²) in [7, 11) is 0. The van der Waals surface area contributed by atoms with E-state index in [4.69, 9.17) is 4.74 Å². The summed E-state index contributed by atoms with van der Waals surface area (Å²) in [6.07, 6.45) is -2.96. The number of esters is 1. The Hall–Kier alpha value is -2.06. The minimum atomic E-state index is -1.77. The van der Waals surface area contributed by atoms with Crippen LogP contribution in [0.2, 0.25) is 0 Å². The van der Waals surface area contributed by atoms with Gasteiger partial charge in [0.05, 0.1) is 12.2 Å². The zero-order valence-electron chi connectivity index (χ0n) is 19.3. The Labute approximate surface area is 189 Å². The van der Waals surface area contributed by atoms with Crippen LogP contribution in [0.25, 0.3) is 0 Å². The second-order valence-electron chi connectivity index (χ2n) is 9.29. The number of aliphatic hydroxyl groups is 4. The fourth-order valence-electron chi connectivity index (χ4n) is 3.85. The van der Waals surface area contributed by atoms with Gasteiger partial charge in [-0.15, -0.1) is 0 Å². The van der Waals surface area contributed by atoms with Gasteiger partial charge in [0, 0.05) is 37.2 Å². The molecular weight excluding hydrogens is 412 g/mol. The van der Waals surface area contributed by atoms with Crippen LogP contribution in [0.15, 0.2) is 35.9 Å². The minimum Gasteiger partial charge on any atom is -0.455 e. The van der Waals surface area contributed by atoms with Crippen LogP contribution in [-0.4, -0.2) is 63.2 Å². The van der Waals surface area contributed by atoms with Crippen molar-refractivity contribution >= 4 is 11.8 Å². The predicted octanol–water partition coefficient (Wildman–Crippen LogP) is 1.83. The molecule has 1 heterocycles. The van der Waals surface area contributed by atoms with Crippen LogP contribution in [0.1, 0.15) is 58.1 Å². The third kappa shape index (κ3) is 6.48. The van der Waals surface area contributed by atoms with Gasteiger partial charge in [0.2, 0.25) is 0 Å². The van der Waals surface area contributed by atoms with E-state index in [1.54, 1.807) is 31.2 Å². The van der Waals surface area contributed by atoms with Crippen molar-refractivity contribution in [2.45, 2.75) is 83.2 Å². The average molecular weight is 449 g/mol. The topological polar surface area (TPSA) is 124 Å². The van der Waals surface area contributed by atoms with E-state index in [9.17, 15) is 30.0 Å². The van der Waals surface area contributed by atoms with E-state index in [2.05, 4.69) is 0 Å². The van der Waals surface area contributed by atoms with Crippen LogP contribution < -0.4 is 0 Å². The molecule has 178 valence electrons. The molecule has 0 saturated carbocycles. The second kappa shape index (κ2) is 11.2. The van der Waals surface area contributed by atoms with Crippen molar-refractivity contribution in [1.82, 2.24) is 0 Å². The molecule has 0 saturated heterocycles. The normalized spacial score (nSPS) is 28.6. The Bertz CT molecular complexity index is 825. The minimum absolute atomic E-state index is 0.0249. The SMILES string of the molecule is CCC(C=C(C)C1CC(=O)CC(O)C(C)(C)c2cccc(c2)CC(O)C(O)C(=O)O1)CO. The molecule has 0 radical (unpaired) electrons. The molecule has 7 heteroatoms. The molecule has 1 aliphatic heterocycles. The zero-order chi connectivity index (χ0) is 24.1. The number of hydrogen-bond donors (Lipinski definition) is 4. The predicted molar refractivity (Wildman–Crippen MR) is 120 cm³/mol. The van der Waals surface area contributed by atoms with Crippen molar-refractivity contribution < 1.29 is 34.8 Å². The van der Waals surface area contributed by atoms with Crippen LogP contribution in [0.3, 0.4) is 0 Å². The van der Waals surface area contributed by atoms with E-state index >= 15 is 0 Å². The van der Waals surface area contributed by atoms with Crippen LogP contribution in [0.5, 0.6) is 0 Å². The number of ether oxygens (including phenoxy) is 1. The van der Waals surface area contributed by atoms with Crippen LogP contribution in [0, 0.1) is 5.92 Å². The molecule has 5 unspecified atom stereocenters. The van der Waals surface area contributed by atoms with Gasteiger partial charge in [0.1, 0.15) is 11.9 Å². The summed E-state index contributed by atoms with van der Waals surface area (Å²) in [4.78, 5) is 25.4. The number of carbonyl (C=O) groups is 2. The first-order valence-corrected chi connectivity index (χ1v) is 11.1. The first-order chi connectivity index (χ1) is 15.0. The molecule has 0 aliphatic carbocycles. The van der Waals surface area contributed by atoms with E-state index in [0.29, 0.717) is 17.6 Å². The quantitative estimate of drug-likeness (QED) is 0.409. The van der Waals surface area contributed by atoms with Gasteiger partial charge in [-0.1, -0.05) is 51.1 Å². The lowest BCUT2D eigenvalue weighted by Crippen LogP contribution is -2.40. The van der Waals surface area contributed by atoms with Gasteiger partial charge in [-0.25, -0.2) is 4.79 Å². The zero-order valence-corrected chi connectivity index (χ0v) is 19.3. The third-order valence-electron chi connectivity index (χ3n) is 6.41. The lowest BCUT2D eigenvalue weighted by molar-refractivity contribution is -0.164. The van der Waals surface area contributed by atoms with Crippen LogP contribution in [-0.2, 0) is 26.2 Å². The third-order valence-corrected chi connectivity index (χ3v) is 6.41. The number of benzene rings is 1. The molecule has 0 amide bonds. The molecule has 5 atom stereocenters. The molecule has 2 bridgehead atoms. The standard InChI is InChI=1S/C25H36O7/c1-5-16(14-26)9-15(2)21-12-19(27)13-22(29)25(3,4)18-8-6-7-17(10-18)11-20(28)23(30)24(31)32-21/h6-10,16,20-23,26,28-30H,5,11-14H2,1-4H3. The van der Waals surface area contributed by atoms with Crippen molar-refractivity contribution in [2.24, 2.45) is 5.92 Å². The molecular formula is C25H36O7. The van der Waals surface area contributed by atoms with Crippen molar-refractivity contribution in [3.05, 3.63) is 47.0 Å². The summed E-state index contributed by atoms with van der Waals surface area (Å²) in [5, 5.41) is 41.2. The average Bonchev–Trinajstić information content (AvgIpc) is 2.75. The lowest BCUT2D eigenvalue weighted by atomic mass is 9.76. The summed E-state index contributed by atoms with van der Waals surface area (Å²) >= 11 is 0. The molecule has 1 aliphatic rings. The summed E-state index contributed by atoms with van der Waals surface area (Å²) in [5.41, 5.74) is 1.31. The first-order valence-electron chi connectivity index (χ1n) is 11.1. The van der Waals surface area contributed by atoms with Crippen LogP contribution in [0.4, 0.5) is 0 Å². The Morgan fingerprint density at radius 1 is 1.19 bits per heavy atom. The number of aliphatic hydroxyl groups excluding tert-OH is 4. The van der Waals surface area contributed by atoms with E-state index in [1.807, 2.05) is 26.8 Å². The maximum Gasteiger partial charge on any atom is 0.338 e. The van der Waals surface area contributed by atoms with Crippen molar-refractivity contribution in [3.63, 3.8) is 0 Å². The Morgan fingerprint density at radius 3 is 2.50 bits per heavy atom. The number of Topliss-reactive ketones (excluding diaryl/α,β-unsaturated/α-hetero) is 1. The van der Waals surface area contributed by atoms with Crippen molar-refractivity contribution in [3.8, 4) is 0 Å². The molecule has 0 aromatic heterocycles. The molecule has 7 nitrogen and oxygen atoms in total. The van der Waals surface area contributed by atoms with Gasteiger partial charge in [0.25, 0.3) is 0 Å². The number of carbonyl (C=O) groups excluding carboxylic acids is 2. The van der Waals surface area contributed by atoms with Crippen LogP contribution >= 0.6 is 0 Å². The summed E-state index contributed by atoms with van der Waals surface area (Å²) in [6.45, 7) is 7.20. The highest BCUT2D eigenvalue weighted by Crippen LogP contribution is 2.31. The summed E-state index contributed by atoms with van der Waals surface area (Å²) in [6, 6.07) is 7.19. The number of fused-ring (bicyclic) bond motifs is 2. The molecule has 2 rings (SSSR count). The fraction of sp³-hybridized carbons (Fsp3) is 0.600. The summed E-state index contributed by atoms with van der Waals surface area (Å²) < 4.78 is 5.44. The van der Waals surface area contributed by atoms with Gasteiger partial charge < -0.3 is 25.2 Å². The van der Waals surface area contributed by atoms with Gasteiger partial charge in [0.15, 0.2) is 6.10 Å². The molecule has 32 heavy (non-hydrogen) atoms. The highest BCUT2D eigenvalue weighted by atomic mass is 16.6. The molecule has 1 aromatic rings. The van der Waals surface area contributed by atoms with Crippen molar-refractivity contribution in [2.75, 3.05) is 6.61 Å². The Balaban J connectivity index is 2.43. The number of hydrogen-bond acceptors (Lipinski definition) is 7. The molecule has 4 N–H and O–H groups in total. The summed E-state index contributed by atoms with van der Waals surface area (Å²) in [5.74, 6) is -1.48. The Kier molecular flexibility index (Phi) is 9.16. The number of rotatable bonds is 4. The molecule has 0 fully saturated rings. The largest absolute Gasteiger partial charge is 0.455 e. The van der Waals surface area contributed by atoms with Gasteiger partial charge >= 0.3 is 5.97 Å². The van der Waals surface area contributed by atoms with Crippen molar-refractivity contribution in [1.29, 1.82) is 0 Å². The fourth-order valence-corrected chi connectivity index (χ4v) is 3.85. The first kappa shape index (κ1) is 26.2.